The van der Waals surface area contributed by atoms with Gasteiger partial charge in [0.1, 0.15) is 16.4 Å². The molecule has 2 heterocycles. The summed E-state index contributed by atoms with van der Waals surface area (Å²) in [7, 11) is -1.95. The summed E-state index contributed by atoms with van der Waals surface area (Å²) in [6, 6.07) is 1.77. The van der Waals surface area contributed by atoms with Gasteiger partial charge >= 0.3 is 0 Å². The molecule has 0 spiro atoms. The summed E-state index contributed by atoms with van der Waals surface area (Å²) in [5.41, 5.74) is 1.73. The van der Waals surface area contributed by atoms with Crippen molar-refractivity contribution in [3.63, 3.8) is 0 Å². The minimum absolute atomic E-state index is 0.126. The van der Waals surface area contributed by atoms with Gasteiger partial charge in [-0.3, -0.25) is 4.68 Å². The molecule has 7 nitrogen and oxygen atoms in total. The highest BCUT2D eigenvalue weighted by molar-refractivity contribution is 7.89. The van der Waals surface area contributed by atoms with Crippen LogP contribution in [-0.2, 0) is 17.1 Å². The molecule has 0 bridgehead atoms. The minimum atomic E-state index is -3.65. The lowest BCUT2D eigenvalue weighted by Gasteiger charge is -2.11. The van der Waals surface area contributed by atoms with Crippen LogP contribution in [0, 0.1) is 27.7 Å². The smallest absolute Gasteiger partial charge is 0.244 e. The molecule has 0 radical (unpaired) electrons. The van der Waals surface area contributed by atoms with Gasteiger partial charge in [0, 0.05) is 19.2 Å². The SMILES string of the molecule is Cc1cc([C@@H](O)CCNS(=O)(=O)c2c(C)nn(C)c2C)c(C)o1. The van der Waals surface area contributed by atoms with E-state index in [0.717, 1.165) is 5.76 Å². The van der Waals surface area contributed by atoms with Crippen molar-refractivity contribution in [1.82, 2.24) is 14.5 Å². The van der Waals surface area contributed by atoms with Crippen LogP contribution >= 0.6 is 0 Å². The number of aliphatic hydroxyl groups is 1. The number of nitrogens with zero attached hydrogens (tertiary/aromatic N) is 2. The second kappa shape index (κ2) is 6.46. The van der Waals surface area contributed by atoms with E-state index in [-0.39, 0.29) is 17.9 Å². The summed E-state index contributed by atoms with van der Waals surface area (Å²) in [5.74, 6) is 1.37. The molecule has 0 aliphatic carbocycles. The number of rotatable bonds is 6. The van der Waals surface area contributed by atoms with Crippen LogP contribution in [0.15, 0.2) is 15.4 Å². The van der Waals surface area contributed by atoms with Crippen LogP contribution < -0.4 is 4.72 Å². The summed E-state index contributed by atoms with van der Waals surface area (Å²) in [4.78, 5) is 0.199. The standard InChI is InChI=1S/C15H23N3O4S/c1-9-8-13(12(4)22-9)14(19)6-7-16-23(20,21)15-10(2)17-18(5)11(15)3/h8,14,16,19H,6-7H2,1-5H3/t14-/m0/s1. The molecule has 128 valence electrons. The van der Waals surface area contributed by atoms with Gasteiger partial charge in [-0.2, -0.15) is 5.10 Å². The predicted octanol–water partition coefficient (Wildman–Crippen LogP) is 1.65. The number of nitrogens with one attached hydrogen (secondary N) is 1. The van der Waals surface area contributed by atoms with Crippen molar-refractivity contribution in [2.45, 2.75) is 45.1 Å². The molecule has 0 fully saturated rings. The normalized spacial score (nSPS) is 13.5. The van der Waals surface area contributed by atoms with Crippen LogP contribution in [0.2, 0.25) is 0 Å². The molecule has 2 N–H and O–H groups in total. The molecular formula is C15H23N3O4S. The molecule has 0 aliphatic heterocycles. The number of aryl methyl sites for hydroxylation is 4. The first-order valence-corrected chi connectivity index (χ1v) is 8.86. The van der Waals surface area contributed by atoms with Crippen LogP contribution in [0.4, 0.5) is 0 Å². The lowest BCUT2D eigenvalue weighted by atomic mass is 10.1. The van der Waals surface area contributed by atoms with Crippen molar-refractivity contribution in [2.75, 3.05) is 6.54 Å². The number of furan rings is 1. The highest BCUT2D eigenvalue weighted by Crippen LogP contribution is 2.24. The summed E-state index contributed by atoms with van der Waals surface area (Å²) in [6.07, 6.45) is -0.511. The quantitative estimate of drug-likeness (QED) is 0.832. The Morgan fingerprint density at radius 1 is 1.35 bits per heavy atom. The maximum Gasteiger partial charge on any atom is 0.244 e. The zero-order chi connectivity index (χ0) is 17.4. The predicted molar refractivity (Wildman–Crippen MR) is 85.6 cm³/mol. The first-order chi connectivity index (χ1) is 10.6. The fraction of sp³-hybridized carbons (Fsp3) is 0.533. The highest BCUT2D eigenvalue weighted by Gasteiger charge is 2.24. The number of hydrogen-bond donors (Lipinski definition) is 2. The Balaban J connectivity index is 2.04. The van der Waals surface area contributed by atoms with E-state index in [1.54, 1.807) is 40.8 Å². The van der Waals surface area contributed by atoms with Gasteiger partial charge in [-0.25, -0.2) is 13.1 Å². The van der Waals surface area contributed by atoms with Crippen LogP contribution in [0.5, 0.6) is 0 Å². The first kappa shape index (κ1) is 17.7. The molecular weight excluding hydrogens is 318 g/mol. The van der Waals surface area contributed by atoms with Gasteiger partial charge in [-0.1, -0.05) is 0 Å². The number of hydrogen-bond acceptors (Lipinski definition) is 5. The van der Waals surface area contributed by atoms with Crippen LogP contribution in [0.1, 0.15) is 41.0 Å². The molecule has 1 atom stereocenters. The van der Waals surface area contributed by atoms with Gasteiger partial charge in [-0.15, -0.1) is 0 Å². The van der Waals surface area contributed by atoms with Crippen molar-refractivity contribution in [3.8, 4) is 0 Å². The molecule has 2 aromatic rings. The van der Waals surface area contributed by atoms with Crippen LogP contribution in [-0.4, -0.2) is 29.8 Å². The zero-order valence-corrected chi connectivity index (χ0v) is 14.9. The highest BCUT2D eigenvalue weighted by atomic mass is 32.2. The van der Waals surface area contributed by atoms with E-state index in [0.29, 0.717) is 22.7 Å². The number of aliphatic hydroxyl groups excluding tert-OH is 1. The first-order valence-electron chi connectivity index (χ1n) is 7.38. The monoisotopic (exact) mass is 341 g/mol. The third-order valence-corrected chi connectivity index (χ3v) is 5.57. The Hall–Kier alpha value is -1.64. The summed E-state index contributed by atoms with van der Waals surface area (Å²) in [6.45, 7) is 7.08. The van der Waals surface area contributed by atoms with Crippen molar-refractivity contribution in [3.05, 3.63) is 34.5 Å². The Kier molecular flexibility index (Phi) is 4.98. The molecule has 0 saturated heterocycles. The number of sulfonamides is 1. The molecule has 2 rings (SSSR count). The third kappa shape index (κ3) is 3.65. The second-order valence-electron chi connectivity index (χ2n) is 5.69. The molecule has 0 aromatic carbocycles. The molecule has 2 aromatic heterocycles. The zero-order valence-electron chi connectivity index (χ0n) is 14.0. The molecule has 0 saturated carbocycles. The molecule has 8 heteroatoms. The molecule has 23 heavy (non-hydrogen) atoms. The summed E-state index contributed by atoms with van der Waals surface area (Å²) in [5, 5.41) is 14.3. The second-order valence-corrected chi connectivity index (χ2v) is 7.40. The van der Waals surface area contributed by atoms with Crippen molar-refractivity contribution in [1.29, 1.82) is 0 Å². The number of aromatic nitrogens is 2. The topological polar surface area (TPSA) is 97.4 Å². The largest absolute Gasteiger partial charge is 0.466 e. The Bertz CT molecular complexity index is 805. The van der Waals surface area contributed by atoms with Gasteiger partial charge in [-0.05, 0) is 40.2 Å². The van der Waals surface area contributed by atoms with E-state index in [9.17, 15) is 13.5 Å². The molecule has 0 amide bonds. The van der Waals surface area contributed by atoms with Gasteiger partial charge in [0.05, 0.1) is 17.5 Å². The molecule has 0 unspecified atom stereocenters. The van der Waals surface area contributed by atoms with Crippen molar-refractivity contribution in [2.24, 2.45) is 7.05 Å². The fourth-order valence-electron chi connectivity index (χ4n) is 2.68. The summed E-state index contributed by atoms with van der Waals surface area (Å²) < 4.78 is 34.3. The van der Waals surface area contributed by atoms with E-state index >= 15 is 0 Å². The van der Waals surface area contributed by atoms with Gasteiger partial charge < -0.3 is 9.52 Å². The lowest BCUT2D eigenvalue weighted by Crippen LogP contribution is -2.27. The van der Waals surface area contributed by atoms with E-state index in [2.05, 4.69) is 9.82 Å². The third-order valence-electron chi connectivity index (χ3n) is 3.86. The lowest BCUT2D eigenvalue weighted by molar-refractivity contribution is 0.167. The van der Waals surface area contributed by atoms with E-state index in [4.69, 9.17) is 4.42 Å². The van der Waals surface area contributed by atoms with Crippen molar-refractivity contribution < 1.29 is 17.9 Å². The van der Waals surface area contributed by atoms with Crippen LogP contribution in [0.25, 0.3) is 0 Å². The van der Waals surface area contributed by atoms with Gasteiger partial charge in [0.2, 0.25) is 10.0 Å². The van der Waals surface area contributed by atoms with E-state index in [1.165, 1.54) is 4.68 Å². The van der Waals surface area contributed by atoms with E-state index < -0.39 is 16.1 Å². The Labute approximate surface area is 136 Å². The Morgan fingerprint density at radius 2 is 2.00 bits per heavy atom. The average Bonchev–Trinajstić information content (AvgIpc) is 2.89. The van der Waals surface area contributed by atoms with Crippen molar-refractivity contribution >= 4 is 10.0 Å². The average molecular weight is 341 g/mol. The Morgan fingerprint density at radius 3 is 2.48 bits per heavy atom. The van der Waals surface area contributed by atoms with Gasteiger partial charge in [0.15, 0.2) is 0 Å². The van der Waals surface area contributed by atoms with Crippen LogP contribution in [0.3, 0.4) is 0 Å². The fourth-order valence-corrected chi connectivity index (χ4v) is 4.16. The summed E-state index contributed by atoms with van der Waals surface area (Å²) >= 11 is 0. The van der Waals surface area contributed by atoms with E-state index in [1.807, 2.05) is 0 Å². The molecule has 0 aliphatic rings. The van der Waals surface area contributed by atoms with Gasteiger partial charge in [0.25, 0.3) is 0 Å². The maximum absolute atomic E-state index is 12.4. The minimum Gasteiger partial charge on any atom is -0.466 e. The maximum atomic E-state index is 12.4.